The fourth-order valence-corrected chi connectivity index (χ4v) is 4.73. The van der Waals surface area contributed by atoms with Gasteiger partial charge >= 0.3 is 0 Å². The van der Waals surface area contributed by atoms with E-state index >= 15 is 0 Å². The number of allylic oxidation sites excluding steroid dienone is 1. The molecule has 10 heteroatoms. The second-order valence-electron chi connectivity index (χ2n) is 9.44. The lowest BCUT2D eigenvalue weighted by Gasteiger charge is -2.30. The number of nitrogens with one attached hydrogen (secondary N) is 2. The lowest BCUT2D eigenvalue weighted by molar-refractivity contribution is 0.0182. The van der Waals surface area contributed by atoms with E-state index in [1.165, 1.54) is 0 Å². The molecule has 0 radical (unpaired) electrons. The summed E-state index contributed by atoms with van der Waals surface area (Å²) in [6.07, 6.45) is 11.8. The van der Waals surface area contributed by atoms with Crippen molar-refractivity contribution in [3.05, 3.63) is 41.5 Å². The van der Waals surface area contributed by atoms with Crippen molar-refractivity contribution in [2.24, 2.45) is 5.41 Å². The molecule has 0 unspecified atom stereocenters. The molecule has 1 aliphatic carbocycles. The number of ether oxygens (including phenoxy) is 2. The van der Waals surface area contributed by atoms with E-state index in [-0.39, 0.29) is 6.61 Å². The van der Waals surface area contributed by atoms with E-state index in [4.69, 9.17) is 21.1 Å². The molecule has 0 aromatic carbocycles. The van der Waals surface area contributed by atoms with Crippen molar-refractivity contribution in [2.45, 2.75) is 57.5 Å². The molecule has 0 bridgehead atoms. The molecule has 0 amide bonds. The summed E-state index contributed by atoms with van der Waals surface area (Å²) in [5.41, 5.74) is 0.728. The fraction of sp³-hybridized carbons (Fsp3) is 0.538. The van der Waals surface area contributed by atoms with E-state index in [1.807, 2.05) is 13.0 Å². The van der Waals surface area contributed by atoms with Gasteiger partial charge in [-0.25, -0.2) is 9.97 Å². The predicted molar refractivity (Wildman–Crippen MR) is 138 cm³/mol. The smallest absolute Gasteiger partial charge is 0.232 e. The maximum Gasteiger partial charge on any atom is 0.232 e. The summed E-state index contributed by atoms with van der Waals surface area (Å²) in [4.78, 5) is 13.3. The summed E-state index contributed by atoms with van der Waals surface area (Å²) in [6.45, 7) is 3.70. The Bertz CT molecular complexity index is 1090. The van der Waals surface area contributed by atoms with Crippen LogP contribution in [-0.2, 0) is 4.74 Å². The quantitative estimate of drug-likeness (QED) is 0.411. The predicted octanol–water partition coefficient (Wildman–Crippen LogP) is 4.67. The summed E-state index contributed by atoms with van der Waals surface area (Å²) in [5.74, 6) is 1.46. The number of nitrogens with zero attached hydrogens (tertiary/aromatic N) is 4. The van der Waals surface area contributed by atoms with Crippen molar-refractivity contribution in [2.75, 3.05) is 31.7 Å². The number of anilines is 1. The van der Waals surface area contributed by atoms with Crippen LogP contribution in [0.4, 0.5) is 5.82 Å². The number of aliphatic hydroxyl groups excluding tert-OH is 1. The van der Waals surface area contributed by atoms with Gasteiger partial charge in [-0.05, 0) is 57.6 Å². The molecule has 2 aliphatic rings. The van der Waals surface area contributed by atoms with Crippen LogP contribution in [0.5, 0.6) is 5.88 Å². The number of halogens is 1. The van der Waals surface area contributed by atoms with Gasteiger partial charge in [-0.15, -0.1) is 0 Å². The van der Waals surface area contributed by atoms with Crippen molar-refractivity contribution >= 4 is 17.4 Å². The van der Waals surface area contributed by atoms with Gasteiger partial charge in [-0.1, -0.05) is 11.6 Å². The third-order valence-corrected chi connectivity index (χ3v) is 7.21. The first kappa shape index (κ1) is 26.1. The Kier molecular flexibility index (Phi) is 8.97. The molecule has 9 nitrogen and oxygen atoms in total. The largest absolute Gasteiger partial charge is 0.511 e. The Morgan fingerprint density at radius 1 is 1.25 bits per heavy atom. The minimum absolute atomic E-state index is 0.244. The lowest BCUT2D eigenvalue weighted by atomic mass is 9.83. The Hall–Kier alpha value is -2.93. The zero-order valence-electron chi connectivity index (χ0n) is 20.5. The van der Waals surface area contributed by atoms with E-state index in [2.05, 4.69) is 31.7 Å². The van der Waals surface area contributed by atoms with Crippen LogP contribution in [0.15, 0.2) is 36.5 Å². The molecule has 1 saturated carbocycles. The molecule has 0 atom stereocenters. The molecule has 2 fully saturated rings. The number of aromatic nitrogens is 3. The number of hydrogen-bond donors (Lipinski definition) is 3. The summed E-state index contributed by atoms with van der Waals surface area (Å²) in [7, 11) is 0. The fourth-order valence-electron chi connectivity index (χ4n) is 4.53. The standard InChI is InChI=1S/C26H33ClN6O3/c1-2-20(34)12-30-18-3-5-19(6-4-18)32-24-11-21(22(27)13-31-24)23-14-29-15-25(33-23)36-17-26(16-28)7-9-35-10-8-26/h2,11,13-15,18-19,30,34H,3-10,12,17H2,1H3,(H,31,32)/b20-2-/t18-,19-. The third kappa shape index (κ3) is 6.84. The van der Waals surface area contributed by atoms with Gasteiger partial charge in [0, 0.05) is 37.1 Å². The van der Waals surface area contributed by atoms with Crippen LogP contribution in [0.25, 0.3) is 11.3 Å². The molecule has 0 spiro atoms. The maximum absolute atomic E-state index is 9.66. The first-order chi connectivity index (χ1) is 17.5. The maximum atomic E-state index is 9.66. The summed E-state index contributed by atoms with van der Waals surface area (Å²) < 4.78 is 11.3. The molecule has 2 aromatic heterocycles. The van der Waals surface area contributed by atoms with Gasteiger partial charge in [0.05, 0.1) is 41.1 Å². The van der Waals surface area contributed by atoms with Crippen LogP contribution in [0.1, 0.15) is 45.4 Å². The van der Waals surface area contributed by atoms with Crippen molar-refractivity contribution in [1.29, 1.82) is 5.26 Å². The molecule has 1 saturated heterocycles. The van der Waals surface area contributed by atoms with Crippen LogP contribution in [0.2, 0.25) is 5.02 Å². The lowest BCUT2D eigenvalue weighted by Crippen LogP contribution is -2.37. The van der Waals surface area contributed by atoms with E-state index < -0.39 is 5.41 Å². The second-order valence-corrected chi connectivity index (χ2v) is 9.85. The van der Waals surface area contributed by atoms with Crippen LogP contribution in [-0.4, -0.2) is 58.5 Å². The van der Waals surface area contributed by atoms with E-state index in [9.17, 15) is 10.4 Å². The minimum atomic E-state index is -0.567. The van der Waals surface area contributed by atoms with Gasteiger partial charge in [0.15, 0.2) is 0 Å². The minimum Gasteiger partial charge on any atom is -0.511 e. The van der Waals surface area contributed by atoms with E-state index in [1.54, 1.807) is 24.7 Å². The molecular weight excluding hydrogens is 480 g/mol. The molecule has 4 rings (SSSR count). The number of rotatable bonds is 9. The van der Waals surface area contributed by atoms with Crippen molar-refractivity contribution < 1.29 is 14.6 Å². The monoisotopic (exact) mass is 512 g/mol. The first-order valence-electron chi connectivity index (χ1n) is 12.4. The molecule has 36 heavy (non-hydrogen) atoms. The molecular formula is C26H33ClN6O3. The summed E-state index contributed by atoms with van der Waals surface area (Å²) in [6, 6.07) is 5.00. The van der Waals surface area contributed by atoms with Crippen LogP contribution in [0, 0.1) is 16.7 Å². The highest BCUT2D eigenvalue weighted by molar-refractivity contribution is 6.33. The Labute approximate surface area is 216 Å². The Morgan fingerprint density at radius 3 is 2.72 bits per heavy atom. The van der Waals surface area contributed by atoms with Gasteiger partial charge < -0.3 is 25.2 Å². The number of hydrogen-bond acceptors (Lipinski definition) is 9. The number of nitriles is 1. The van der Waals surface area contributed by atoms with Crippen molar-refractivity contribution in [1.82, 2.24) is 20.3 Å². The normalized spacial score (nSPS) is 22.0. The molecule has 1 aliphatic heterocycles. The SMILES string of the molecule is C/C=C(\O)CN[C@H]1CC[C@H](Nc2cc(-c3cncc(OCC4(C#N)CCOCC4)n3)c(Cl)cn2)CC1. The molecule has 3 N–H and O–H groups in total. The molecule has 2 aromatic rings. The topological polar surface area (TPSA) is 125 Å². The average molecular weight is 513 g/mol. The zero-order valence-corrected chi connectivity index (χ0v) is 21.3. The van der Waals surface area contributed by atoms with E-state index in [0.29, 0.717) is 72.6 Å². The second kappa shape index (κ2) is 12.3. The van der Waals surface area contributed by atoms with Gasteiger partial charge in [-0.3, -0.25) is 4.98 Å². The summed E-state index contributed by atoms with van der Waals surface area (Å²) in [5, 5.41) is 26.7. The third-order valence-electron chi connectivity index (χ3n) is 6.91. The van der Waals surface area contributed by atoms with Crippen molar-refractivity contribution in [3.8, 4) is 23.2 Å². The van der Waals surface area contributed by atoms with Crippen LogP contribution in [0.3, 0.4) is 0 Å². The molecule has 192 valence electrons. The Balaban J connectivity index is 1.37. The highest BCUT2D eigenvalue weighted by atomic mass is 35.5. The summed E-state index contributed by atoms with van der Waals surface area (Å²) >= 11 is 6.47. The van der Waals surface area contributed by atoms with Gasteiger partial charge in [0.25, 0.3) is 0 Å². The van der Waals surface area contributed by atoms with Gasteiger partial charge in [0.2, 0.25) is 5.88 Å². The highest BCUT2D eigenvalue weighted by Crippen LogP contribution is 2.32. The van der Waals surface area contributed by atoms with Gasteiger partial charge in [0.1, 0.15) is 18.2 Å². The molecule has 3 heterocycles. The highest BCUT2D eigenvalue weighted by Gasteiger charge is 2.34. The van der Waals surface area contributed by atoms with Crippen LogP contribution < -0.4 is 15.4 Å². The first-order valence-corrected chi connectivity index (χ1v) is 12.8. The Morgan fingerprint density at radius 2 is 2.00 bits per heavy atom. The van der Waals surface area contributed by atoms with Crippen molar-refractivity contribution in [3.63, 3.8) is 0 Å². The van der Waals surface area contributed by atoms with E-state index in [0.717, 1.165) is 31.5 Å². The number of pyridine rings is 1. The number of aliphatic hydroxyl groups is 1. The average Bonchev–Trinajstić information content (AvgIpc) is 2.93. The zero-order chi connectivity index (χ0) is 25.4. The van der Waals surface area contributed by atoms with Gasteiger partial charge in [-0.2, -0.15) is 5.26 Å². The van der Waals surface area contributed by atoms with Crippen LogP contribution >= 0.6 is 11.6 Å².